The van der Waals surface area contributed by atoms with Crippen LogP contribution < -0.4 is 0 Å². The zero-order valence-corrected chi connectivity index (χ0v) is 41.6. The molecule has 0 rings (SSSR count). The van der Waals surface area contributed by atoms with E-state index >= 15 is 0 Å². The Morgan fingerprint density at radius 2 is 0.541 bits per heavy atom. The first-order valence-electron chi connectivity index (χ1n) is 27.4. The van der Waals surface area contributed by atoms with Gasteiger partial charge < -0.3 is 14.2 Å². The van der Waals surface area contributed by atoms with Gasteiger partial charge in [-0.1, -0.05) is 272 Å². The molecule has 61 heavy (non-hydrogen) atoms. The first kappa shape index (κ1) is 59.4. The summed E-state index contributed by atoms with van der Waals surface area (Å²) in [5.74, 6) is 0.00134. The lowest BCUT2D eigenvalue weighted by Crippen LogP contribution is -2.30. The highest BCUT2D eigenvalue weighted by Gasteiger charge is 2.19. The van der Waals surface area contributed by atoms with Crippen LogP contribution in [0.5, 0.6) is 0 Å². The molecule has 0 aromatic rings. The smallest absolute Gasteiger partial charge is 0.306 e. The fourth-order valence-electron chi connectivity index (χ4n) is 8.39. The third kappa shape index (κ3) is 49.3. The van der Waals surface area contributed by atoms with Crippen molar-refractivity contribution in [1.29, 1.82) is 0 Å². The number of carbonyl (C=O) groups is 3. The van der Waals surface area contributed by atoms with Gasteiger partial charge in [-0.15, -0.1) is 0 Å². The molecule has 1 atom stereocenters. The Bertz CT molecular complexity index is 918. The molecule has 0 fully saturated rings. The van der Waals surface area contributed by atoms with Gasteiger partial charge in [0.1, 0.15) is 13.2 Å². The van der Waals surface area contributed by atoms with Gasteiger partial charge in [0, 0.05) is 19.3 Å². The average Bonchev–Trinajstić information content (AvgIpc) is 3.24. The molecule has 0 N–H and O–H groups in total. The molecular weight excluding hydrogens is 757 g/mol. The van der Waals surface area contributed by atoms with Gasteiger partial charge in [-0.2, -0.15) is 0 Å². The molecule has 0 aliphatic carbocycles. The van der Waals surface area contributed by atoms with E-state index in [0.29, 0.717) is 19.3 Å². The second-order valence-electron chi connectivity index (χ2n) is 19.3. The van der Waals surface area contributed by atoms with Crippen molar-refractivity contribution in [3.8, 4) is 0 Å². The summed E-state index contributed by atoms with van der Waals surface area (Å²) in [6.45, 7) is 9.01. The van der Waals surface area contributed by atoms with Crippen LogP contribution in [0.3, 0.4) is 0 Å². The largest absolute Gasteiger partial charge is 0.462 e. The second-order valence-corrected chi connectivity index (χ2v) is 19.3. The lowest BCUT2D eigenvalue weighted by atomic mass is 10.0. The molecule has 0 aliphatic heterocycles. The van der Waals surface area contributed by atoms with Gasteiger partial charge in [0.2, 0.25) is 0 Å². The van der Waals surface area contributed by atoms with E-state index < -0.39 is 6.10 Å². The Morgan fingerprint density at radius 1 is 0.311 bits per heavy atom. The molecule has 6 heteroatoms. The molecule has 0 aromatic heterocycles. The van der Waals surface area contributed by atoms with Crippen LogP contribution in [0.2, 0.25) is 0 Å². The molecule has 0 bridgehead atoms. The first-order valence-corrected chi connectivity index (χ1v) is 27.4. The highest BCUT2D eigenvalue weighted by molar-refractivity contribution is 5.71. The molecule has 0 heterocycles. The van der Waals surface area contributed by atoms with Gasteiger partial charge in [0.05, 0.1) is 0 Å². The monoisotopic (exact) mass is 863 g/mol. The molecule has 0 saturated carbocycles. The normalized spacial score (nSPS) is 12.0. The van der Waals surface area contributed by atoms with Crippen molar-refractivity contribution >= 4 is 17.9 Å². The fraction of sp³-hybridized carbons (Fsp3) is 0.945. The maximum absolute atomic E-state index is 12.7. The number of unbranched alkanes of at least 4 members (excludes halogenated alkanes) is 37. The zero-order valence-electron chi connectivity index (χ0n) is 41.6. The topological polar surface area (TPSA) is 78.9 Å². The lowest BCUT2D eigenvalue weighted by Gasteiger charge is -2.18. The molecule has 362 valence electrons. The highest BCUT2D eigenvalue weighted by Crippen LogP contribution is 2.18. The van der Waals surface area contributed by atoms with Crippen LogP contribution >= 0.6 is 0 Å². The van der Waals surface area contributed by atoms with Crippen molar-refractivity contribution in [2.24, 2.45) is 5.92 Å². The summed E-state index contributed by atoms with van der Waals surface area (Å²) in [6.07, 6.45) is 52.5. The van der Waals surface area contributed by atoms with E-state index in [1.165, 1.54) is 205 Å². The Labute approximate surface area is 380 Å². The van der Waals surface area contributed by atoms with E-state index in [2.05, 4.69) is 27.7 Å². The van der Waals surface area contributed by atoms with Crippen molar-refractivity contribution < 1.29 is 28.6 Å². The lowest BCUT2D eigenvalue weighted by molar-refractivity contribution is -0.167. The van der Waals surface area contributed by atoms with E-state index in [1.54, 1.807) is 0 Å². The second kappa shape index (κ2) is 49.4. The molecule has 0 radical (unpaired) electrons. The van der Waals surface area contributed by atoms with Crippen LogP contribution in [0.25, 0.3) is 0 Å². The summed E-state index contributed by atoms with van der Waals surface area (Å²) < 4.78 is 16.8. The molecule has 0 unspecified atom stereocenters. The van der Waals surface area contributed by atoms with E-state index in [9.17, 15) is 14.4 Å². The number of carbonyl (C=O) groups excluding carboxylic acids is 3. The van der Waals surface area contributed by atoms with Gasteiger partial charge in [-0.25, -0.2) is 0 Å². The Balaban J connectivity index is 4.12. The minimum absolute atomic E-state index is 0.0630. The van der Waals surface area contributed by atoms with Crippen LogP contribution in [-0.4, -0.2) is 37.2 Å². The van der Waals surface area contributed by atoms with Crippen LogP contribution in [0.15, 0.2) is 0 Å². The minimum atomic E-state index is -0.759. The van der Waals surface area contributed by atoms with E-state index in [4.69, 9.17) is 14.2 Å². The van der Waals surface area contributed by atoms with Crippen molar-refractivity contribution in [3.63, 3.8) is 0 Å². The predicted molar refractivity (Wildman–Crippen MR) is 261 cm³/mol. The predicted octanol–water partition coefficient (Wildman–Crippen LogP) is 17.8. The molecule has 0 aromatic carbocycles. The van der Waals surface area contributed by atoms with E-state index in [0.717, 1.165) is 63.7 Å². The highest BCUT2D eigenvalue weighted by atomic mass is 16.6. The van der Waals surface area contributed by atoms with Gasteiger partial charge in [0.25, 0.3) is 0 Å². The summed E-state index contributed by atoms with van der Waals surface area (Å²) in [5, 5.41) is 0. The average molecular weight is 863 g/mol. The standard InChI is InChI=1S/C55H106O6/c1-5-7-9-11-13-14-15-16-17-18-19-22-25-28-31-35-38-42-46-53(56)59-49-52(61-55(58)48-44-40-33-12-10-8-6-2)50-60-54(57)47-43-39-36-32-29-26-23-20-21-24-27-30-34-37-41-45-51(3)4/h51-52H,5-50H2,1-4H3/t52-/m0/s1. The Morgan fingerprint density at radius 3 is 0.803 bits per heavy atom. The van der Waals surface area contributed by atoms with Crippen molar-refractivity contribution in [2.75, 3.05) is 13.2 Å². The van der Waals surface area contributed by atoms with Gasteiger partial charge >= 0.3 is 17.9 Å². The molecular formula is C55H106O6. The minimum Gasteiger partial charge on any atom is -0.462 e. The summed E-state index contributed by atoms with van der Waals surface area (Å²) in [6, 6.07) is 0. The quantitative estimate of drug-likeness (QED) is 0.0344. The van der Waals surface area contributed by atoms with Crippen molar-refractivity contribution in [1.82, 2.24) is 0 Å². The molecule has 6 nitrogen and oxygen atoms in total. The molecule has 0 amide bonds. The molecule has 0 spiro atoms. The maximum atomic E-state index is 12.7. The third-order valence-corrected chi connectivity index (χ3v) is 12.5. The zero-order chi connectivity index (χ0) is 44.5. The van der Waals surface area contributed by atoms with E-state index in [-0.39, 0.29) is 31.1 Å². The number of rotatable bonds is 50. The summed E-state index contributed by atoms with van der Waals surface area (Å²) in [4.78, 5) is 37.8. The number of ether oxygens (including phenoxy) is 3. The summed E-state index contributed by atoms with van der Waals surface area (Å²) >= 11 is 0. The number of esters is 3. The van der Waals surface area contributed by atoms with Gasteiger partial charge in [-0.05, 0) is 25.2 Å². The Kier molecular flexibility index (Phi) is 48.1. The number of hydrogen-bond donors (Lipinski definition) is 0. The van der Waals surface area contributed by atoms with E-state index in [1.807, 2.05) is 0 Å². The van der Waals surface area contributed by atoms with Crippen molar-refractivity contribution in [3.05, 3.63) is 0 Å². The Hall–Kier alpha value is -1.59. The SMILES string of the molecule is CCCCCCCCCCCCCCCCCCCCC(=O)OC[C@@H](COC(=O)CCCCCCCCCCCCCCCCCC(C)C)OC(=O)CCCCCCCCC. The van der Waals surface area contributed by atoms with Crippen LogP contribution in [0.4, 0.5) is 0 Å². The van der Waals surface area contributed by atoms with Gasteiger partial charge in [0.15, 0.2) is 6.10 Å². The molecule has 0 saturated heterocycles. The fourth-order valence-corrected chi connectivity index (χ4v) is 8.39. The molecule has 0 aliphatic rings. The number of hydrogen-bond acceptors (Lipinski definition) is 6. The summed E-state index contributed by atoms with van der Waals surface area (Å²) in [5.41, 5.74) is 0. The van der Waals surface area contributed by atoms with Gasteiger partial charge in [-0.3, -0.25) is 14.4 Å². The van der Waals surface area contributed by atoms with Crippen LogP contribution in [0.1, 0.15) is 310 Å². The first-order chi connectivity index (χ1) is 29.9. The third-order valence-electron chi connectivity index (χ3n) is 12.5. The van der Waals surface area contributed by atoms with Crippen molar-refractivity contribution in [2.45, 2.75) is 316 Å². The summed E-state index contributed by atoms with van der Waals surface area (Å²) in [7, 11) is 0. The maximum Gasteiger partial charge on any atom is 0.306 e. The van der Waals surface area contributed by atoms with Crippen LogP contribution in [-0.2, 0) is 28.6 Å². The van der Waals surface area contributed by atoms with Crippen LogP contribution in [0, 0.1) is 5.92 Å².